The second-order valence-corrected chi connectivity index (χ2v) is 9.07. The number of aromatic nitrogens is 2. The molecule has 2 aromatic heterocycles. The van der Waals surface area contributed by atoms with Gasteiger partial charge in [0.25, 0.3) is 0 Å². The number of hydrogen-bond acceptors (Lipinski definition) is 4. The van der Waals surface area contributed by atoms with Gasteiger partial charge in [0.2, 0.25) is 10.0 Å². The molecule has 142 valence electrons. The molecule has 0 bridgehead atoms. The van der Waals surface area contributed by atoms with E-state index in [0.29, 0.717) is 18.0 Å². The molecule has 1 fully saturated rings. The summed E-state index contributed by atoms with van der Waals surface area (Å²) < 4.78 is 35.0. The van der Waals surface area contributed by atoms with Crippen molar-refractivity contribution in [3.63, 3.8) is 0 Å². The Morgan fingerprint density at radius 2 is 1.70 bits per heavy atom. The van der Waals surface area contributed by atoms with E-state index in [4.69, 9.17) is 4.74 Å². The molecule has 3 heterocycles. The van der Waals surface area contributed by atoms with Gasteiger partial charge in [0.15, 0.2) is 0 Å². The summed E-state index contributed by atoms with van der Waals surface area (Å²) in [5.74, 6) is 0. The summed E-state index contributed by atoms with van der Waals surface area (Å²) in [6, 6.07) is 11.2. The van der Waals surface area contributed by atoms with Gasteiger partial charge in [-0.25, -0.2) is 13.4 Å². The number of morpholine rings is 1. The molecule has 3 aromatic rings. The van der Waals surface area contributed by atoms with Crippen molar-refractivity contribution in [3.05, 3.63) is 66.1 Å². The second kappa shape index (κ2) is 7.07. The fourth-order valence-electron chi connectivity index (χ4n) is 3.56. The quantitative estimate of drug-likeness (QED) is 0.693. The van der Waals surface area contributed by atoms with Gasteiger partial charge in [-0.1, -0.05) is 18.2 Å². The van der Waals surface area contributed by atoms with E-state index in [1.165, 1.54) is 4.31 Å². The molecule has 1 aliphatic rings. The van der Waals surface area contributed by atoms with Crippen LogP contribution in [0.1, 0.15) is 25.0 Å². The predicted molar refractivity (Wildman–Crippen MR) is 103 cm³/mol. The molecule has 1 aliphatic heterocycles. The standard InChI is InChI=1S/C20H23N3O3S/c1-15-12-23(13-16(2)26-15)27(24,25)19-6-3-17(4-7-19)11-18-5-8-20-21-9-10-22(20)14-18/h3-10,14-16H,11-13H2,1-2H3/t15-,16+. The fourth-order valence-corrected chi connectivity index (χ4v) is 5.15. The molecule has 2 atom stereocenters. The molecule has 4 rings (SSSR count). The van der Waals surface area contributed by atoms with Gasteiger partial charge in [0.05, 0.1) is 17.1 Å². The Balaban J connectivity index is 1.52. The third-order valence-corrected chi connectivity index (χ3v) is 6.65. The maximum atomic E-state index is 12.9. The third kappa shape index (κ3) is 3.76. The van der Waals surface area contributed by atoms with E-state index >= 15 is 0 Å². The van der Waals surface area contributed by atoms with Crippen LogP contribution in [-0.4, -0.2) is 47.4 Å². The molecule has 0 saturated carbocycles. The minimum Gasteiger partial charge on any atom is -0.373 e. The van der Waals surface area contributed by atoms with Crippen molar-refractivity contribution in [2.75, 3.05) is 13.1 Å². The Morgan fingerprint density at radius 1 is 1.04 bits per heavy atom. The van der Waals surface area contributed by atoms with Crippen molar-refractivity contribution in [2.45, 2.75) is 37.4 Å². The summed E-state index contributed by atoms with van der Waals surface area (Å²) in [5.41, 5.74) is 3.12. The van der Waals surface area contributed by atoms with E-state index in [9.17, 15) is 8.42 Å². The van der Waals surface area contributed by atoms with Crippen LogP contribution in [0.5, 0.6) is 0 Å². The van der Waals surface area contributed by atoms with E-state index in [1.54, 1.807) is 18.3 Å². The van der Waals surface area contributed by atoms with Gasteiger partial charge < -0.3 is 9.14 Å². The highest BCUT2D eigenvalue weighted by Gasteiger charge is 2.32. The molecule has 1 aromatic carbocycles. The summed E-state index contributed by atoms with van der Waals surface area (Å²) in [6.07, 6.45) is 6.27. The molecule has 0 unspecified atom stereocenters. The van der Waals surface area contributed by atoms with Crippen LogP contribution in [0.25, 0.3) is 5.65 Å². The number of fused-ring (bicyclic) bond motifs is 1. The Labute approximate surface area is 159 Å². The van der Waals surface area contributed by atoms with Gasteiger partial charge in [0.1, 0.15) is 5.65 Å². The summed E-state index contributed by atoms with van der Waals surface area (Å²) in [7, 11) is -3.50. The van der Waals surface area contributed by atoms with Crippen molar-refractivity contribution in [3.8, 4) is 0 Å². The zero-order valence-corrected chi connectivity index (χ0v) is 16.3. The van der Waals surface area contributed by atoms with Crippen molar-refractivity contribution in [1.82, 2.24) is 13.7 Å². The van der Waals surface area contributed by atoms with Crippen molar-refractivity contribution >= 4 is 15.7 Å². The van der Waals surface area contributed by atoms with Crippen LogP contribution in [0.4, 0.5) is 0 Å². The van der Waals surface area contributed by atoms with Crippen LogP contribution in [0.3, 0.4) is 0 Å². The molecule has 0 N–H and O–H groups in total. The minimum absolute atomic E-state index is 0.0964. The van der Waals surface area contributed by atoms with E-state index in [0.717, 1.165) is 23.2 Å². The van der Waals surface area contributed by atoms with Gasteiger partial charge in [-0.05, 0) is 49.6 Å². The van der Waals surface area contributed by atoms with Crippen LogP contribution in [0.15, 0.2) is 59.9 Å². The van der Waals surface area contributed by atoms with Crippen LogP contribution in [0, 0.1) is 0 Å². The number of rotatable bonds is 4. The highest BCUT2D eigenvalue weighted by atomic mass is 32.2. The van der Waals surface area contributed by atoms with Crippen LogP contribution >= 0.6 is 0 Å². The molecule has 6 nitrogen and oxygen atoms in total. The summed E-state index contributed by atoms with van der Waals surface area (Å²) >= 11 is 0. The first kappa shape index (κ1) is 18.2. The SMILES string of the molecule is C[C@@H]1CN(S(=O)(=O)c2ccc(Cc3ccc4nccn4c3)cc2)C[C@H](C)O1. The lowest BCUT2D eigenvalue weighted by Gasteiger charge is -2.34. The normalized spacial score (nSPS) is 21.6. The van der Waals surface area contributed by atoms with Crippen LogP contribution in [0.2, 0.25) is 0 Å². The molecular formula is C20H23N3O3S. The number of hydrogen-bond donors (Lipinski definition) is 0. The summed E-state index contributed by atoms with van der Waals surface area (Å²) in [6.45, 7) is 4.58. The maximum Gasteiger partial charge on any atom is 0.243 e. The topological polar surface area (TPSA) is 63.9 Å². The molecule has 27 heavy (non-hydrogen) atoms. The summed E-state index contributed by atoms with van der Waals surface area (Å²) in [5, 5.41) is 0. The molecule has 1 saturated heterocycles. The molecular weight excluding hydrogens is 362 g/mol. The van der Waals surface area contributed by atoms with E-state index in [1.807, 2.05) is 54.9 Å². The molecule has 0 radical (unpaired) electrons. The Hall–Kier alpha value is -2.22. The van der Waals surface area contributed by atoms with Crippen molar-refractivity contribution in [2.24, 2.45) is 0 Å². The second-order valence-electron chi connectivity index (χ2n) is 7.13. The lowest BCUT2D eigenvalue weighted by molar-refractivity contribution is -0.0440. The molecule has 7 heteroatoms. The van der Waals surface area contributed by atoms with Gasteiger partial charge in [-0.15, -0.1) is 0 Å². The Bertz CT molecular complexity index is 1030. The monoisotopic (exact) mass is 385 g/mol. The number of pyridine rings is 1. The Morgan fingerprint density at radius 3 is 2.41 bits per heavy atom. The number of sulfonamides is 1. The molecule has 0 spiro atoms. The zero-order chi connectivity index (χ0) is 19.0. The lowest BCUT2D eigenvalue weighted by Crippen LogP contribution is -2.48. The van der Waals surface area contributed by atoms with Gasteiger partial charge in [-0.3, -0.25) is 0 Å². The molecule has 0 amide bonds. The minimum atomic E-state index is -3.50. The fraction of sp³-hybridized carbons (Fsp3) is 0.350. The van der Waals surface area contributed by atoms with Gasteiger partial charge in [-0.2, -0.15) is 4.31 Å². The van der Waals surface area contributed by atoms with E-state index < -0.39 is 10.0 Å². The van der Waals surface area contributed by atoms with Crippen LogP contribution < -0.4 is 0 Å². The number of imidazole rings is 1. The largest absolute Gasteiger partial charge is 0.373 e. The highest BCUT2D eigenvalue weighted by Crippen LogP contribution is 2.22. The number of ether oxygens (including phenoxy) is 1. The third-order valence-electron chi connectivity index (χ3n) is 4.81. The predicted octanol–water partition coefficient (Wildman–Crippen LogP) is 2.72. The summed E-state index contributed by atoms with van der Waals surface area (Å²) in [4.78, 5) is 4.57. The van der Waals surface area contributed by atoms with Crippen molar-refractivity contribution in [1.29, 1.82) is 0 Å². The zero-order valence-electron chi connectivity index (χ0n) is 15.4. The number of benzene rings is 1. The average Bonchev–Trinajstić information content (AvgIpc) is 3.09. The lowest BCUT2D eigenvalue weighted by atomic mass is 10.1. The average molecular weight is 385 g/mol. The van der Waals surface area contributed by atoms with Gasteiger partial charge in [0, 0.05) is 31.7 Å². The number of nitrogens with zero attached hydrogens (tertiary/aromatic N) is 3. The molecule has 0 aliphatic carbocycles. The maximum absolute atomic E-state index is 12.9. The highest BCUT2D eigenvalue weighted by molar-refractivity contribution is 7.89. The van der Waals surface area contributed by atoms with E-state index in [-0.39, 0.29) is 12.2 Å². The Kier molecular flexibility index (Phi) is 4.75. The van der Waals surface area contributed by atoms with Gasteiger partial charge >= 0.3 is 0 Å². The first-order valence-electron chi connectivity index (χ1n) is 9.08. The van der Waals surface area contributed by atoms with E-state index in [2.05, 4.69) is 4.98 Å². The first-order valence-corrected chi connectivity index (χ1v) is 10.5. The van der Waals surface area contributed by atoms with Crippen LogP contribution in [-0.2, 0) is 21.2 Å². The first-order chi connectivity index (χ1) is 12.9. The van der Waals surface area contributed by atoms with Crippen molar-refractivity contribution < 1.29 is 13.2 Å². The smallest absolute Gasteiger partial charge is 0.243 e.